The van der Waals surface area contributed by atoms with Crippen LogP contribution in [-0.4, -0.2) is 32.0 Å². The van der Waals surface area contributed by atoms with Crippen LogP contribution in [0, 0.1) is 0 Å². The molecule has 1 aromatic carbocycles. The van der Waals surface area contributed by atoms with E-state index in [1.165, 1.54) is 0 Å². The van der Waals surface area contributed by atoms with E-state index in [1.54, 1.807) is 0 Å². The van der Waals surface area contributed by atoms with E-state index < -0.39 is 0 Å². The quantitative estimate of drug-likeness (QED) is 0.902. The Morgan fingerprint density at radius 1 is 1.24 bits per heavy atom. The van der Waals surface area contributed by atoms with E-state index in [2.05, 4.69) is 5.32 Å². The highest BCUT2D eigenvalue weighted by Gasteiger charge is 2.17. The maximum atomic E-state index is 11.9. The highest BCUT2D eigenvalue weighted by molar-refractivity contribution is 5.76. The Balaban J connectivity index is 1.40. The summed E-state index contributed by atoms with van der Waals surface area (Å²) in [5.74, 6) is 1.65. The third-order valence-corrected chi connectivity index (χ3v) is 3.86. The Morgan fingerprint density at radius 2 is 2.14 bits per heavy atom. The molecule has 1 fully saturated rings. The molecule has 0 aliphatic carbocycles. The zero-order valence-electron chi connectivity index (χ0n) is 12.1. The van der Waals surface area contributed by atoms with Gasteiger partial charge in [0.2, 0.25) is 12.7 Å². The monoisotopic (exact) mass is 291 g/mol. The fraction of sp³-hybridized carbons (Fsp3) is 0.562. The first-order valence-corrected chi connectivity index (χ1v) is 7.58. The van der Waals surface area contributed by atoms with Crippen molar-refractivity contribution in [3.63, 3.8) is 0 Å². The van der Waals surface area contributed by atoms with Crippen LogP contribution in [0.5, 0.6) is 11.5 Å². The van der Waals surface area contributed by atoms with E-state index in [-0.39, 0.29) is 18.8 Å². The molecule has 0 spiro atoms. The molecule has 2 heterocycles. The van der Waals surface area contributed by atoms with Gasteiger partial charge in [0, 0.05) is 13.2 Å². The van der Waals surface area contributed by atoms with Crippen molar-refractivity contribution in [3.8, 4) is 11.5 Å². The fourth-order valence-electron chi connectivity index (χ4n) is 2.69. The first kappa shape index (κ1) is 14.2. The molecule has 1 atom stereocenters. The molecular weight excluding hydrogens is 270 g/mol. The predicted molar refractivity (Wildman–Crippen MR) is 77.5 cm³/mol. The van der Waals surface area contributed by atoms with Gasteiger partial charge in [-0.1, -0.05) is 6.07 Å². The van der Waals surface area contributed by atoms with Gasteiger partial charge >= 0.3 is 0 Å². The summed E-state index contributed by atoms with van der Waals surface area (Å²) in [4.78, 5) is 11.9. The molecule has 21 heavy (non-hydrogen) atoms. The highest BCUT2D eigenvalue weighted by atomic mass is 16.7. The number of nitrogens with one attached hydrogen (secondary N) is 1. The third-order valence-electron chi connectivity index (χ3n) is 3.86. The Kier molecular flexibility index (Phi) is 4.60. The van der Waals surface area contributed by atoms with Gasteiger partial charge in [0.1, 0.15) is 0 Å². The summed E-state index contributed by atoms with van der Waals surface area (Å²) in [7, 11) is 0. The van der Waals surface area contributed by atoms with Crippen LogP contribution in [0.25, 0.3) is 0 Å². The average molecular weight is 291 g/mol. The standard InChI is InChI=1S/C16H21NO4/c18-16(10-13-3-1-2-8-19-13)17-7-6-12-4-5-14-15(9-12)21-11-20-14/h4-5,9,13H,1-3,6-8,10-11H2,(H,17,18). The SMILES string of the molecule is O=C(CC1CCCCO1)NCCc1ccc2c(c1)OCO2. The molecular formula is C16H21NO4. The number of carbonyl (C=O) groups excluding carboxylic acids is 1. The zero-order chi connectivity index (χ0) is 14.5. The lowest BCUT2D eigenvalue weighted by Gasteiger charge is -2.21. The molecule has 2 aliphatic heterocycles. The smallest absolute Gasteiger partial charge is 0.231 e. The van der Waals surface area contributed by atoms with Gasteiger partial charge in [-0.15, -0.1) is 0 Å². The molecule has 114 valence electrons. The van der Waals surface area contributed by atoms with E-state index in [9.17, 15) is 4.79 Å². The van der Waals surface area contributed by atoms with E-state index in [0.29, 0.717) is 13.0 Å². The highest BCUT2D eigenvalue weighted by Crippen LogP contribution is 2.32. The number of hydrogen-bond donors (Lipinski definition) is 1. The minimum Gasteiger partial charge on any atom is -0.454 e. The molecule has 1 amide bonds. The maximum Gasteiger partial charge on any atom is 0.231 e. The van der Waals surface area contributed by atoms with Crippen molar-refractivity contribution in [2.24, 2.45) is 0 Å². The van der Waals surface area contributed by atoms with Crippen LogP contribution in [-0.2, 0) is 16.0 Å². The number of amides is 1. The number of rotatable bonds is 5. The predicted octanol–water partition coefficient (Wildman–Crippen LogP) is 2.03. The van der Waals surface area contributed by atoms with Gasteiger partial charge in [0.25, 0.3) is 0 Å². The Labute approximate surface area is 124 Å². The van der Waals surface area contributed by atoms with Gasteiger partial charge in [0.15, 0.2) is 11.5 Å². The molecule has 1 unspecified atom stereocenters. The third kappa shape index (κ3) is 3.88. The van der Waals surface area contributed by atoms with Gasteiger partial charge < -0.3 is 19.5 Å². The zero-order valence-corrected chi connectivity index (χ0v) is 12.1. The van der Waals surface area contributed by atoms with Crippen molar-refractivity contribution in [2.75, 3.05) is 19.9 Å². The van der Waals surface area contributed by atoms with Crippen molar-refractivity contribution in [1.82, 2.24) is 5.32 Å². The molecule has 5 nitrogen and oxygen atoms in total. The van der Waals surface area contributed by atoms with Gasteiger partial charge in [-0.25, -0.2) is 0 Å². The van der Waals surface area contributed by atoms with Crippen LogP contribution in [0.3, 0.4) is 0 Å². The number of hydrogen-bond acceptors (Lipinski definition) is 4. The molecule has 3 rings (SSSR count). The largest absolute Gasteiger partial charge is 0.454 e. The molecule has 5 heteroatoms. The molecule has 0 radical (unpaired) electrons. The van der Waals surface area contributed by atoms with Gasteiger partial charge in [0.05, 0.1) is 12.5 Å². The minimum atomic E-state index is 0.0719. The fourth-order valence-corrected chi connectivity index (χ4v) is 2.69. The summed E-state index contributed by atoms with van der Waals surface area (Å²) < 4.78 is 16.2. The maximum absolute atomic E-state index is 11.9. The first-order valence-electron chi connectivity index (χ1n) is 7.58. The van der Waals surface area contributed by atoms with Gasteiger partial charge in [-0.3, -0.25) is 4.79 Å². The van der Waals surface area contributed by atoms with Crippen molar-refractivity contribution >= 4 is 5.91 Å². The van der Waals surface area contributed by atoms with Crippen LogP contribution in [0.1, 0.15) is 31.2 Å². The second-order valence-electron chi connectivity index (χ2n) is 5.48. The molecule has 1 N–H and O–H groups in total. The number of carbonyl (C=O) groups is 1. The van der Waals surface area contributed by atoms with Crippen LogP contribution >= 0.6 is 0 Å². The molecule has 0 aromatic heterocycles. The van der Waals surface area contributed by atoms with Gasteiger partial charge in [-0.05, 0) is 43.4 Å². The van der Waals surface area contributed by atoms with Crippen LogP contribution in [0.15, 0.2) is 18.2 Å². The molecule has 0 bridgehead atoms. The summed E-state index contributed by atoms with van der Waals surface area (Å²) in [6.07, 6.45) is 4.63. The summed E-state index contributed by atoms with van der Waals surface area (Å²) >= 11 is 0. The summed E-state index contributed by atoms with van der Waals surface area (Å²) in [6.45, 7) is 1.71. The average Bonchev–Trinajstić information content (AvgIpc) is 2.96. The number of fused-ring (bicyclic) bond motifs is 1. The molecule has 1 saturated heterocycles. The second kappa shape index (κ2) is 6.80. The van der Waals surface area contributed by atoms with E-state index in [4.69, 9.17) is 14.2 Å². The minimum absolute atomic E-state index is 0.0719. The molecule has 0 saturated carbocycles. The first-order chi connectivity index (χ1) is 10.3. The lowest BCUT2D eigenvalue weighted by Crippen LogP contribution is -2.31. The number of ether oxygens (including phenoxy) is 3. The van der Waals surface area contributed by atoms with Crippen molar-refractivity contribution in [1.29, 1.82) is 0 Å². The van der Waals surface area contributed by atoms with Crippen LogP contribution < -0.4 is 14.8 Å². The van der Waals surface area contributed by atoms with Crippen LogP contribution in [0.4, 0.5) is 0 Å². The number of benzene rings is 1. The summed E-state index contributed by atoms with van der Waals surface area (Å²) in [5.41, 5.74) is 1.13. The van der Waals surface area contributed by atoms with E-state index >= 15 is 0 Å². The van der Waals surface area contributed by atoms with E-state index in [0.717, 1.165) is 49.4 Å². The van der Waals surface area contributed by atoms with Crippen LogP contribution in [0.2, 0.25) is 0 Å². The molecule has 1 aromatic rings. The Bertz CT molecular complexity index is 497. The Hall–Kier alpha value is -1.75. The lowest BCUT2D eigenvalue weighted by molar-refractivity contribution is -0.124. The summed E-state index contributed by atoms with van der Waals surface area (Å²) in [5, 5.41) is 2.96. The van der Waals surface area contributed by atoms with Gasteiger partial charge in [-0.2, -0.15) is 0 Å². The summed E-state index contributed by atoms with van der Waals surface area (Å²) in [6, 6.07) is 5.89. The second-order valence-corrected chi connectivity index (χ2v) is 5.48. The topological polar surface area (TPSA) is 56.8 Å². The Morgan fingerprint density at radius 3 is 3.00 bits per heavy atom. The molecule has 2 aliphatic rings. The van der Waals surface area contributed by atoms with Crippen molar-refractivity contribution in [3.05, 3.63) is 23.8 Å². The normalized spacial score (nSPS) is 20.3. The van der Waals surface area contributed by atoms with E-state index in [1.807, 2.05) is 18.2 Å². The lowest BCUT2D eigenvalue weighted by atomic mass is 10.1. The van der Waals surface area contributed by atoms with Crippen molar-refractivity contribution in [2.45, 2.75) is 38.2 Å². The van der Waals surface area contributed by atoms with Crippen molar-refractivity contribution < 1.29 is 19.0 Å².